The van der Waals surface area contributed by atoms with Crippen LogP contribution in [0.2, 0.25) is 0 Å². The third-order valence-corrected chi connectivity index (χ3v) is 6.50. The molecule has 1 atom stereocenters. The lowest BCUT2D eigenvalue weighted by Crippen LogP contribution is -2.39. The minimum Gasteiger partial charge on any atom is -0.503 e. The van der Waals surface area contributed by atoms with Gasteiger partial charge in [-0.3, -0.25) is 9.59 Å². The van der Waals surface area contributed by atoms with Crippen LogP contribution in [-0.2, 0) is 4.79 Å². The highest BCUT2D eigenvalue weighted by atomic mass is 79.9. The van der Waals surface area contributed by atoms with Crippen molar-refractivity contribution in [1.29, 1.82) is 0 Å². The first-order valence-electron chi connectivity index (χ1n) is 10.8. The Labute approximate surface area is 199 Å². The Hall–Kier alpha value is -2.97. The van der Waals surface area contributed by atoms with E-state index in [1.54, 1.807) is 30.3 Å². The molecule has 1 unspecified atom stereocenters. The van der Waals surface area contributed by atoms with Gasteiger partial charge < -0.3 is 19.3 Å². The number of Topliss-reactive ketones (excluding diaryl/α,β-unsaturated/α-hetero) is 1. The Kier molecular flexibility index (Phi) is 6.67. The summed E-state index contributed by atoms with van der Waals surface area (Å²) in [6.07, 6.45) is 0. The molecule has 6 nitrogen and oxygen atoms in total. The number of fused-ring (bicyclic) bond motifs is 1. The summed E-state index contributed by atoms with van der Waals surface area (Å²) in [7, 11) is 0. The predicted molar refractivity (Wildman–Crippen MR) is 127 cm³/mol. The number of amides is 1. The first-order valence-corrected chi connectivity index (χ1v) is 11.6. The summed E-state index contributed by atoms with van der Waals surface area (Å²) in [4.78, 5) is 30.0. The molecule has 1 aliphatic rings. The van der Waals surface area contributed by atoms with E-state index in [0.717, 1.165) is 17.6 Å². The third-order valence-electron chi connectivity index (χ3n) is 6.00. The molecule has 1 amide bonds. The quantitative estimate of drug-likeness (QED) is 0.415. The van der Waals surface area contributed by atoms with E-state index in [4.69, 9.17) is 4.42 Å². The minimum absolute atomic E-state index is 0.0237. The molecule has 0 spiro atoms. The molecule has 1 aliphatic heterocycles. The molecule has 3 aromatic rings. The van der Waals surface area contributed by atoms with Crippen molar-refractivity contribution >= 4 is 38.6 Å². The van der Waals surface area contributed by atoms with E-state index < -0.39 is 29.3 Å². The Bertz CT molecular complexity index is 1250. The number of ketones is 1. The molecule has 1 N–H and O–H groups in total. The van der Waals surface area contributed by atoms with Crippen molar-refractivity contribution in [3.05, 3.63) is 81.5 Å². The van der Waals surface area contributed by atoms with Gasteiger partial charge in [0.1, 0.15) is 11.4 Å². The van der Waals surface area contributed by atoms with E-state index in [9.17, 15) is 19.1 Å². The van der Waals surface area contributed by atoms with E-state index in [1.807, 2.05) is 13.8 Å². The molecule has 8 heteroatoms. The van der Waals surface area contributed by atoms with Crippen molar-refractivity contribution < 1.29 is 23.5 Å². The number of aliphatic hydroxyl groups excluding tert-OH is 1. The van der Waals surface area contributed by atoms with Crippen LogP contribution in [0.4, 0.5) is 4.39 Å². The number of furan rings is 1. The second-order valence-corrected chi connectivity index (χ2v) is 8.75. The van der Waals surface area contributed by atoms with Crippen molar-refractivity contribution in [2.75, 3.05) is 26.2 Å². The number of nitrogens with zero attached hydrogens (tertiary/aromatic N) is 2. The highest BCUT2D eigenvalue weighted by Crippen LogP contribution is 2.40. The SMILES string of the molecule is CCN(CC)CCN1C(=O)C(O)=C(C(=O)c2cc3cc(Br)ccc3o2)C1c1ccccc1F. The van der Waals surface area contributed by atoms with Gasteiger partial charge >= 0.3 is 0 Å². The number of aliphatic hydroxyl groups is 1. The van der Waals surface area contributed by atoms with Gasteiger partial charge in [-0.25, -0.2) is 4.39 Å². The first-order chi connectivity index (χ1) is 15.8. The Morgan fingerprint density at radius 2 is 1.91 bits per heavy atom. The summed E-state index contributed by atoms with van der Waals surface area (Å²) < 4.78 is 21.4. The van der Waals surface area contributed by atoms with Gasteiger partial charge in [-0.05, 0) is 43.4 Å². The van der Waals surface area contributed by atoms with Crippen molar-refractivity contribution in [3.8, 4) is 0 Å². The summed E-state index contributed by atoms with van der Waals surface area (Å²) in [5.41, 5.74) is 0.464. The van der Waals surface area contributed by atoms with Gasteiger partial charge in [0.15, 0.2) is 11.5 Å². The summed E-state index contributed by atoms with van der Waals surface area (Å²) in [6, 6.07) is 11.8. The fourth-order valence-electron chi connectivity index (χ4n) is 4.18. The van der Waals surface area contributed by atoms with Gasteiger partial charge in [0, 0.05) is 28.5 Å². The van der Waals surface area contributed by atoms with E-state index in [0.29, 0.717) is 17.5 Å². The zero-order chi connectivity index (χ0) is 23.7. The molecule has 172 valence electrons. The maximum absolute atomic E-state index is 14.9. The summed E-state index contributed by atoms with van der Waals surface area (Å²) >= 11 is 3.39. The van der Waals surface area contributed by atoms with Gasteiger partial charge in [0.05, 0.1) is 11.6 Å². The van der Waals surface area contributed by atoms with Crippen molar-refractivity contribution in [3.63, 3.8) is 0 Å². The van der Waals surface area contributed by atoms with Crippen LogP contribution < -0.4 is 0 Å². The van der Waals surface area contributed by atoms with Crippen molar-refractivity contribution in [2.45, 2.75) is 19.9 Å². The van der Waals surface area contributed by atoms with Gasteiger partial charge in [-0.2, -0.15) is 0 Å². The zero-order valence-corrected chi connectivity index (χ0v) is 19.9. The van der Waals surface area contributed by atoms with Crippen LogP contribution in [0.5, 0.6) is 0 Å². The third kappa shape index (κ3) is 4.32. The largest absolute Gasteiger partial charge is 0.503 e. The van der Waals surface area contributed by atoms with Gasteiger partial charge in [-0.15, -0.1) is 0 Å². The Morgan fingerprint density at radius 3 is 2.61 bits per heavy atom. The zero-order valence-electron chi connectivity index (χ0n) is 18.3. The average Bonchev–Trinajstić information content (AvgIpc) is 3.33. The molecule has 0 radical (unpaired) electrons. The molecule has 0 saturated heterocycles. The van der Waals surface area contributed by atoms with Crippen molar-refractivity contribution in [1.82, 2.24) is 9.80 Å². The van der Waals surface area contributed by atoms with Crippen LogP contribution in [0, 0.1) is 5.82 Å². The Morgan fingerprint density at radius 1 is 1.18 bits per heavy atom. The second kappa shape index (κ2) is 9.49. The number of hydrogen-bond donors (Lipinski definition) is 1. The number of rotatable bonds is 8. The molecule has 0 aliphatic carbocycles. The lowest BCUT2D eigenvalue weighted by molar-refractivity contribution is -0.129. The predicted octanol–water partition coefficient (Wildman–Crippen LogP) is 5.25. The normalized spacial score (nSPS) is 16.5. The topological polar surface area (TPSA) is 74.0 Å². The molecule has 33 heavy (non-hydrogen) atoms. The average molecular weight is 515 g/mol. The van der Waals surface area contributed by atoms with Crippen LogP contribution in [0.15, 0.2) is 68.8 Å². The summed E-state index contributed by atoms with van der Waals surface area (Å²) in [6.45, 7) is 6.33. The van der Waals surface area contributed by atoms with E-state index in [1.165, 1.54) is 23.1 Å². The van der Waals surface area contributed by atoms with Crippen molar-refractivity contribution in [2.24, 2.45) is 0 Å². The molecule has 2 heterocycles. The molecule has 4 rings (SSSR count). The van der Waals surface area contributed by atoms with Gasteiger partial charge in [-0.1, -0.05) is 48.0 Å². The van der Waals surface area contributed by atoms with Gasteiger partial charge in [0.2, 0.25) is 5.78 Å². The maximum Gasteiger partial charge on any atom is 0.290 e. The fraction of sp³-hybridized carbons (Fsp3) is 0.280. The molecular formula is C25H24BrFN2O4. The van der Waals surface area contributed by atoms with Crippen LogP contribution in [0.25, 0.3) is 11.0 Å². The highest BCUT2D eigenvalue weighted by molar-refractivity contribution is 9.10. The smallest absolute Gasteiger partial charge is 0.290 e. The Balaban J connectivity index is 1.77. The second-order valence-electron chi connectivity index (χ2n) is 7.83. The molecule has 1 aromatic heterocycles. The van der Waals surface area contributed by atoms with Crippen LogP contribution in [-0.4, -0.2) is 52.8 Å². The van der Waals surface area contributed by atoms with Crippen LogP contribution in [0.3, 0.4) is 0 Å². The number of halogens is 2. The van der Waals surface area contributed by atoms with Gasteiger partial charge in [0.25, 0.3) is 5.91 Å². The number of hydrogen-bond acceptors (Lipinski definition) is 5. The van der Waals surface area contributed by atoms with Crippen LogP contribution >= 0.6 is 15.9 Å². The lowest BCUT2D eigenvalue weighted by atomic mass is 9.94. The van der Waals surface area contributed by atoms with E-state index >= 15 is 0 Å². The summed E-state index contributed by atoms with van der Waals surface area (Å²) in [5, 5.41) is 11.5. The molecular weight excluding hydrogens is 491 g/mol. The highest BCUT2D eigenvalue weighted by Gasteiger charge is 2.45. The minimum atomic E-state index is -1.05. The van der Waals surface area contributed by atoms with E-state index in [2.05, 4.69) is 20.8 Å². The molecule has 2 aromatic carbocycles. The van der Waals surface area contributed by atoms with E-state index in [-0.39, 0.29) is 23.4 Å². The molecule has 0 saturated carbocycles. The fourth-order valence-corrected chi connectivity index (χ4v) is 4.56. The standard InChI is InChI=1S/C25H24BrFN2O4/c1-3-28(4-2)11-12-29-22(17-7-5-6-8-18(17)27)21(24(31)25(29)32)23(30)20-14-15-13-16(26)9-10-19(15)33-20/h5-10,13-14,22,31H,3-4,11-12H2,1-2H3. The number of carbonyl (C=O) groups is 2. The number of likely N-dealkylation sites (N-methyl/N-ethyl adjacent to an activating group) is 1. The monoisotopic (exact) mass is 514 g/mol. The lowest BCUT2D eigenvalue weighted by Gasteiger charge is -2.29. The number of carbonyl (C=O) groups excluding carboxylic acids is 2. The summed E-state index contributed by atoms with van der Waals surface area (Å²) in [5.74, 6) is -2.60. The molecule has 0 bridgehead atoms. The number of benzene rings is 2. The molecule has 0 fully saturated rings. The first kappa shape index (κ1) is 23.2. The van der Waals surface area contributed by atoms with Crippen LogP contribution in [0.1, 0.15) is 36.0 Å². The maximum atomic E-state index is 14.9.